The predicted octanol–water partition coefficient (Wildman–Crippen LogP) is 3.87. The molecule has 1 aromatic heterocycles. The van der Waals surface area contributed by atoms with Gasteiger partial charge in [-0.1, -0.05) is 47.5 Å². The van der Waals surface area contributed by atoms with Gasteiger partial charge < -0.3 is 11.5 Å². The average molecular weight is 372 g/mol. The van der Waals surface area contributed by atoms with Gasteiger partial charge in [-0.2, -0.15) is 0 Å². The van der Waals surface area contributed by atoms with Crippen LogP contribution in [-0.4, -0.2) is 16.6 Å². The topological polar surface area (TPSA) is 99.1 Å². The molecule has 0 radical (unpaired) electrons. The van der Waals surface area contributed by atoms with Gasteiger partial charge in [-0.15, -0.1) is 0 Å². The Hall–Kier alpha value is -2.63. The molecular formula is C18H11Cl2N3O2. The first-order chi connectivity index (χ1) is 11.9. The second-order valence-electron chi connectivity index (χ2n) is 5.80. The molecule has 0 unspecified atom stereocenters. The van der Waals surface area contributed by atoms with Gasteiger partial charge in [0.1, 0.15) is 5.92 Å². The summed E-state index contributed by atoms with van der Waals surface area (Å²) < 4.78 is 0. The standard InChI is InChI=1S/C18H11Cl2N3O2/c19-13-11-12(14(20)16(22)15(13)21)18(25)10(17(11)24)9-6-5-7-3-1-2-4-8(7)23-9/h1-6,10H,21-22H2. The van der Waals surface area contributed by atoms with Crippen molar-refractivity contribution >= 4 is 57.0 Å². The lowest BCUT2D eigenvalue weighted by Crippen LogP contribution is -2.14. The van der Waals surface area contributed by atoms with Crippen LogP contribution in [-0.2, 0) is 0 Å². The first-order valence-corrected chi connectivity index (χ1v) is 8.17. The molecule has 0 fully saturated rings. The number of carbonyl (C=O) groups is 2. The van der Waals surface area contributed by atoms with Crippen molar-refractivity contribution in [3.05, 3.63) is 63.3 Å². The van der Waals surface area contributed by atoms with E-state index >= 15 is 0 Å². The fraction of sp³-hybridized carbons (Fsp3) is 0.0556. The molecule has 0 amide bonds. The van der Waals surface area contributed by atoms with Crippen molar-refractivity contribution in [3.8, 4) is 0 Å². The Morgan fingerprint density at radius 3 is 2.00 bits per heavy atom. The SMILES string of the molecule is Nc1c(N)c(Cl)c2c(c1Cl)C(=O)C(c1ccc3ccccc3n1)C2=O. The highest BCUT2D eigenvalue weighted by Gasteiger charge is 2.44. The molecule has 5 nitrogen and oxygen atoms in total. The van der Waals surface area contributed by atoms with Crippen LogP contribution in [0, 0.1) is 0 Å². The lowest BCUT2D eigenvalue weighted by atomic mass is 9.98. The number of halogens is 2. The van der Waals surface area contributed by atoms with E-state index < -0.39 is 17.5 Å². The van der Waals surface area contributed by atoms with Gasteiger partial charge in [-0.3, -0.25) is 14.6 Å². The number of hydrogen-bond donors (Lipinski definition) is 2. The maximum absolute atomic E-state index is 12.9. The maximum Gasteiger partial charge on any atom is 0.182 e. The Bertz CT molecular complexity index is 1050. The molecule has 1 aliphatic rings. The van der Waals surface area contributed by atoms with Crippen LogP contribution in [0.1, 0.15) is 32.3 Å². The smallest absolute Gasteiger partial charge is 0.182 e. The van der Waals surface area contributed by atoms with Crippen molar-refractivity contribution in [1.29, 1.82) is 0 Å². The number of Topliss-reactive ketones (excluding diaryl/α,β-unsaturated/α-hetero) is 2. The van der Waals surface area contributed by atoms with Crippen LogP contribution in [0.3, 0.4) is 0 Å². The third-order valence-electron chi connectivity index (χ3n) is 4.38. The van der Waals surface area contributed by atoms with Gasteiger partial charge in [0.15, 0.2) is 11.6 Å². The van der Waals surface area contributed by atoms with E-state index in [1.165, 1.54) is 0 Å². The molecule has 1 aliphatic carbocycles. The lowest BCUT2D eigenvalue weighted by Gasteiger charge is -2.09. The second-order valence-corrected chi connectivity index (χ2v) is 6.55. The lowest BCUT2D eigenvalue weighted by molar-refractivity contribution is 0.0888. The average Bonchev–Trinajstić information content (AvgIpc) is 2.88. The van der Waals surface area contributed by atoms with Crippen molar-refractivity contribution in [3.63, 3.8) is 0 Å². The summed E-state index contributed by atoms with van der Waals surface area (Å²) in [5, 5.41) is 0.822. The third-order valence-corrected chi connectivity index (χ3v) is 5.17. The molecule has 0 spiro atoms. The highest BCUT2D eigenvalue weighted by molar-refractivity contribution is 6.47. The highest BCUT2D eigenvalue weighted by Crippen LogP contribution is 2.46. The number of rotatable bonds is 1. The van der Waals surface area contributed by atoms with E-state index in [4.69, 9.17) is 34.7 Å². The van der Waals surface area contributed by atoms with Gasteiger partial charge in [0.2, 0.25) is 0 Å². The molecule has 0 saturated heterocycles. The van der Waals surface area contributed by atoms with E-state index in [1.807, 2.05) is 30.3 Å². The van der Waals surface area contributed by atoms with Crippen molar-refractivity contribution in [2.24, 2.45) is 0 Å². The number of anilines is 2. The first-order valence-electron chi connectivity index (χ1n) is 7.41. The van der Waals surface area contributed by atoms with Crippen molar-refractivity contribution in [2.45, 2.75) is 5.92 Å². The maximum atomic E-state index is 12.9. The molecular weight excluding hydrogens is 361 g/mol. The number of carbonyl (C=O) groups excluding carboxylic acids is 2. The summed E-state index contributed by atoms with van der Waals surface area (Å²) in [6, 6.07) is 10.9. The zero-order valence-corrected chi connectivity index (χ0v) is 14.2. The van der Waals surface area contributed by atoms with Crippen LogP contribution in [0.5, 0.6) is 0 Å². The number of aromatic nitrogens is 1. The number of fused-ring (bicyclic) bond motifs is 2. The number of nitrogens with two attached hydrogens (primary N) is 2. The molecule has 2 aromatic carbocycles. The van der Waals surface area contributed by atoms with Gasteiger partial charge in [0.25, 0.3) is 0 Å². The van der Waals surface area contributed by atoms with E-state index in [9.17, 15) is 9.59 Å². The molecule has 0 bridgehead atoms. The Morgan fingerprint density at radius 1 is 0.840 bits per heavy atom. The Labute approximate surface area is 152 Å². The summed E-state index contributed by atoms with van der Waals surface area (Å²) in [4.78, 5) is 30.2. The summed E-state index contributed by atoms with van der Waals surface area (Å²) in [5.41, 5.74) is 12.7. The summed E-state index contributed by atoms with van der Waals surface area (Å²) in [7, 11) is 0. The number of nitrogens with zero attached hydrogens (tertiary/aromatic N) is 1. The Balaban J connectivity index is 1.93. The van der Waals surface area contributed by atoms with E-state index in [0.717, 1.165) is 5.39 Å². The molecule has 0 saturated carbocycles. The van der Waals surface area contributed by atoms with Crippen molar-refractivity contribution in [2.75, 3.05) is 11.5 Å². The monoisotopic (exact) mass is 371 g/mol. The third kappa shape index (κ3) is 2.13. The number of benzene rings is 2. The molecule has 124 valence electrons. The van der Waals surface area contributed by atoms with Gasteiger partial charge >= 0.3 is 0 Å². The fourth-order valence-electron chi connectivity index (χ4n) is 3.11. The zero-order valence-electron chi connectivity index (χ0n) is 12.7. The summed E-state index contributed by atoms with van der Waals surface area (Å²) in [6.07, 6.45) is 0. The second kappa shape index (κ2) is 5.44. The summed E-state index contributed by atoms with van der Waals surface area (Å²) >= 11 is 12.3. The van der Waals surface area contributed by atoms with E-state index in [0.29, 0.717) is 11.2 Å². The minimum atomic E-state index is -1.10. The van der Waals surface area contributed by atoms with Gasteiger partial charge in [0.05, 0.1) is 43.8 Å². The first kappa shape index (κ1) is 15.9. The molecule has 1 heterocycles. The summed E-state index contributed by atoms with van der Waals surface area (Å²) in [6.45, 7) is 0. The Morgan fingerprint density at radius 2 is 1.40 bits per heavy atom. The number of para-hydroxylation sites is 1. The van der Waals surface area contributed by atoms with Gasteiger partial charge in [0, 0.05) is 5.39 Å². The minimum Gasteiger partial charge on any atom is -0.396 e. The van der Waals surface area contributed by atoms with Crippen molar-refractivity contribution < 1.29 is 9.59 Å². The fourth-order valence-corrected chi connectivity index (χ4v) is 3.69. The molecule has 4 N–H and O–H groups in total. The zero-order chi connectivity index (χ0) is 17.9. The highest BCUT2D eigenvalue weighted by atomic mass is 35.5. The largest absolute Gasteiger partial charge is 0.396 e. The molecule has 0 aliphatic heterocycles. The van der Waals surface area contributed by atoms with Gasteiger partial charge in [-0.25, -0.2) is 0 Å². The molecule has 4 rings (SSSR count). The molecule has 7 heteroatoms. The van der Waals surface area contributed by atoms with Crippen LogP contribution in [0.4, 0.5) is 11.4 Å². The predicted molar refractivity (Wildman–Crippen MR) is 98.4 cm³/mol. The van der Waals surface area contributed by atoms with Crippen LogP contribution < -0.4 is 11.5 Å². The van der Waals surface area contributed by atoms with Crippen LogP contribution in [0.25, 0.3) is 10.9 Å². The molecule has 25 heavy (non-hydrogen) atoms. The van der Waals surface area contributed by atoms with E-state index in [1.54, 1.807) is 6.07 Å². The van der Waals surface area contributed by atoms with Crippen LogP contribution in [0.15, 0.2) is 36.4 Å². The van der Waals surface area contributed by atoms with E-state index in [2.05, 4.69) is 4.98 Å². The van der Waals surface area contributed by atoms with Crippen LogP contribution in [0.2, 0.25) is 10.0 Å². The van der Waals surface area contributed by atoms with Gasteiger partial charge in [-0.05, 0) is 12.1 Å². The Kier molecular flexibility index (Phi) is 3.45. The minimum absolute atomic E-state index is 0.00122. The number of ketones is 2. The number of pyridine rings is 1. The molecule has 0 atom stereocenters. The normalized spacial score (nSPS) is 14.3. The van der Waals surface area contributed by atoms with E-state index in [-0.39, 0.29) is 32.5 Å². The number of hydrogen-bond acceptors (Lipinski definition) is 5. The van der Waals surface area contributed by atoms with Crippen LogP contribution >= 0.6 is 23.2 Å². The number of nitrogen functional groups attached to an aromatic ring is 2. The van der Waals surface area contributed by atoms with Crippen molar-refractivity contribution in [1.82, 2.24) is 4.98 Å². The molecule has 3 aromatic rings. The summed E-state index contributed by atoms with van der Waals surface area (Å²) in [5.74, 6) is -2.04. The quantitative estimate of drug-likeness (QED) is 0.499.